The van der Waals surface area contributed by atoms with Crippen molar-refractivity contribution in [2.45, 2.75) is 0 Å². The lowest BCUT2D eigenvalue weighted by Crippen LogP contribution is -2.13. The van der Waals surface area contributed by atoms with Crippen LogP contribution in [0.4, 0.5) is 5.69 Å². The van der Waals surface area contributed by atoms with Crippen molar-refractivity contribution >= 4 is 35.2 Å². The molecule has 0 aliphatic carbocycles. The normalized spacial score (nSPS) is 10.7. The van der Waals surface area contributed by atoms with Crippen LogP contribution in [0.3, 0.4) is 0 Å². The molecule has 0 radical (unpaired) electrons. The highest BCUT2D eigenvalue weighted by Gasteiger charge is 2.11. The lowest BCUT2D eigenvalue weighted by molar-refractivity contribution is -0.112. The van der Waals surface area contributed by atoms with Crippen molar-refractivity contribution in [1.82, 2.24) is 0 Å². The van der Waals surface area contributed by atoms with Gasteiger partial charge in [-0.25, -0.2) is 4.79 Å². The molecular weight excluding hydrogens is 388 g/mol. The van der Waals surface area contributed by atoms with E-state index in [0.717, 1.165) is 0 Å². The van der Waals surface area contributed by atoms with E-state index in [1.807, 2.05) is 12.1 Å². The second kappa shape index (κ2) is 9.36. The second-order valence-electron chi connectivity index (χ2n) is 5.96. The van der Waals surface area contributed by atoms with Crippen molar-refractivity contribution in [3.63, 3.8) is 0 Å². The first kappa shape index (κ1) is 19.9. The van der Waals surface area contributed by atoms with Crippen molar-refractivity contribution in [1.29, 1.82) is 5.26 Å². The van der Waals surface area contributed by atoms with E-state index in [9.17, 15) is 14.9 Å². The first-order chi connectivity index (χ1) is 14.0. The number of amides is 1. The number of hydrogen-bond acceptors (Lipinski definition) is 4. The summed E-state index contributed by atoms with van der Waals surface area (Å²) in [6.45, 7) is 0. The lowest BCUT2D eigenvalue weighted by Gasteiger charge is -2.06. The van der Waals surface area contributed by atoms with Crippen LogP contribution in [0.5, 0.6) is 5.75 Å². The number of carbonyl (C=O) groups is 2. The smallest absolute Gasteiger partial charge is 0.343 e. The minimum absolute atomic E-state index is 0.0704. The number of nitriles is 1. The van der Waals surface area contributed by atoms with E-state index in [1.165, 1.54) is 6.08 Å². The van der Waals surface area contributed by atoms with Gasteiger partial charge in [-0.15, -0.1) is 0 Å². The van der Waals surface area contributed by atoms with Gasteiger partial charge < -0.3 is 10.1 Å². The fourth-order valence-electron chi connectivity index (χ4n) is 2.45. The Kier molecular flexibility index (Phi) is 6.41. The summed E-state index contributed by atoms with van der Waals surface area (Å²) in [5.41, 5.74) is 1.48. The molecule has 0 bridgehead atoms. The van der Waals surface area contributed by atoms with Crippen molar-refractivity contribution in [3.8, 4) is 11.8 Å². The van der Waals surface area contributed by atoms with Crippen LogP contribution in [-0.2, 0) is 4.79 Å². The molecule has 0 aromatic heterocycles. The Labute approximate surface area is 172 Å². The van der Waals surface area contributed by atoms with Gasteiger partial charge in [0.25, 0.3) is 5.91 Å². The molecule has 0 saturated heterocycles. The average molecular weight is 403 g/mol. The number of ether oxygens (including phenoxy) is 1. The number of benzene rings is 3. The molecule has 6 heteroatoms. The molecular formula is C23H15ClN2O3. The Morgan fingerprint density at radius 2 is 1.69 bits per heavy atom. The van der Waals surface area contributed by atoms with E-state index in [0.29, 0.717) is 27.6 Å². The van der Waals surface area contributed by atoms with Crippen LogP contribution in [0.25, 0.3) is 6.08 Å². The topological polar surface area (TPSA) is 79.2 Å². The van der Waals surface area contributed by atoms with Crippen molar-refractivity contribution < 1.29 is 14.3 Å². The van der Waals surface area contributed by atoms with Gasteiger partial charge in [-0.2, -0.15) is 5.26 Å². The van der Waals surface area contributed by atoms with E-state index in [-0.39, 0.29) is 5.57 Å². The van der Waals surface area contributed by atoms with Crippen molar-refractivity contribution in [2.24, 2.45) is 0 Å². The molecule has 3 rings (SSSR count). The highest BCUT2D eigenvalue weighted by atomic mass is 35.5. The number of carbonyl (C=O) groups excluding carboxylic acids is 2. The van der Waals surface area contributed by atoms with Gasteiger partial charge >= 0.3 is 5.97 Å². The Balaban J connectivity index is 1.69. The highest BCUT2D eigenvalue weighted by Crippen LogP contribution is 2.18. The zero-order chi connectivity index (χ0) is 20.6. The molecule has 142 valence electrons. The summed E-state index contributed by atoms with van der Waals surface area (Å²) in [6, 6.07) is 23.7. The van der Waals surface area contributed by atoms with Crippen LogP contribution in [0.15, 0.2) is 84.4 Å². The average Bonchev–Trinajstić information content (AvgIpc) is 2.73. The third kappa shape index (κ3) is 5.55. The number of rotatable bonds is 5. The quantitative estimate of drug-likeness (QED) is 0.278. The summed E-state index contributed by atoms with van der Waals surface area (Å²) >= 11 is 5.89. The van der Waals surface area contributed by atoms with Gasteiger partial charge in [0.15, 0.2) is 0 Å². The molecule has 1 amide bonds. The van der Waals surface area contributed by atoms with E-state index in [4.69, 9.17) is 16.3 Å². The molecule has 1 N–H and O–H groups in total. The van der Waals surface area contributed by atoms with Crippen LogP contribution in [-0.4, -0.2) is 11.9 Å². The minimum atomic E-state index is -0.547. The summed E-state index contributed by atoms with van der Waals surface area (Å²) in [5, 5.41) is 12.4. The maximum Gasteiger partial charge on any atom is 0.343 e. The maximum absolute atomic E-state index is 12.3. The van der Waals surface area contributed by atoms with Gasteiger partial charge in [0, 0.05) is 10.7 Å². The fourth-order valence-corrected chi connectivity index (χ4v) is 2.64. The summed E-state index contributed by atoms with van der Waals surface area (Å²) in [4.78, 5) is 24.4. The van der Waals surface area contributed by atoms with Gasteiger partial charge in [-0.3, -0.25) is 4.79 Å². The predicted octanol–water partition coefficient (Wildman–Crippen LogP) is 5.10. The summed E-state index contributed by atoms with van der Waals surface area (Å²) in [6.07, 6.45) is 1.45. The Bertz CT molecular complexity index is 1100. The van der Waals surface area contributed by atoms with E-state index in [2.05, 4.69) is 5.32 Å². The molecule has 5 nitrogen and oxygen atoms in total. The molecule has 3 aromatic rings. The van der Waals surface area contributed by atoms with Gasteiger partial charge in [0.1, 0.15) is 17.4 Å². The zero-order valence-electron chi connectivity index (χ0n) is 15.1. The largest absolute Gasteiger partial charge is 0.423 e. The first-order valence-corrected chi connectivity index (χ1v) is 8.99. The van der Waals surface area contributed by atoms with Gasteiger partial charge in [0.2, 0.25) is 0 Å². The summed E-state index contributed by atoms with van der Waals surface area (Å²) in [7, 11) is 0. The van der Waals surface area contributed by atoms with Gasteiger partial charge in [0.05, 0.1) is 5.56 Å². The first-order valence-electron chi connectivity index (χ1n) is 8.61. The van der Waals surface area contributed by atoms with Crippen molar-refractivity contribution in [2.75, 3.05) is 5.32 Å². The van der Waals surface area contributed by atoms with Gasteiger partial charge in [-0.1, -0.05) is 48.0 Å². The molecule has 0 spiro atoms. The number of anilines is 1. The minimum Gasteiger partial charge on any atom is -0.423 e. The van der Waals surface area contributed by atoms with Crippen molar-refractivity contribution in [3.05, 3.63) is 101 Å². The zero-order valence-corrected chi connectivity index (χ0v) is 15.9. The van der Waals surface area contributed by atoms with Crippen LogP contribution >= 0.6 is 11.6 Å². The molecule has 0 fully saturated rings. The van der Waals surface area contributed by atoms with Crippen LogP contribution in [0, 0.1) is 11.3 Å². The number of halogens is 1. The summed E-state index contributed by atoms with van der Waals surface area (Å²) < 4.78 is 5.31. The monoisotopic (exact) mass is 402 g/mol. The SMILES string of the molecule is N#C/C(=C/c1ccc(OC(=O)c2ccccc2)cc1)C(=O)Nc1cccc(Cl)c1. The standard InChI is InChI=1S/C23H15ClN2O3/c24-19-7-4-8-20(14-19)26-22(27)18(15-25)13-16-9-11-21(12-10-16)29-23(28)17-5-2-1-3-6-17/h1-14H,(H,26,27)/b18-13-. The van der Waals surface area contributed by atoms with E-state index < -0.39 is 11.9 Å². The van der Waals surface area contributed by atoms with Crippen LogP contribution < -0.4 is 10.1 Å². The Morgan fingerprint density at radius 1 is 0.966 bits per heavy atom. The second-order valence-corrected chi connectivity index (χ2v) is 6.40. The fraction of sp³-hybridized carbons (Fsp3) is 0. The number of nitrogens with one attached hydrogen (secondary N) is 1. The molecule has 0 aliphatic heterocycles. The molecule has 0 atom stereocenters. The number of nitrogens with zero attached hydrogens (tertiary/aromatic N) is 1. The molecule has 0 unspecified atom stereocenters. The Morgan fingerprint density at radius 3 is 2.34 bits per heavy atom. The van der Waals surface area contributed by atoms with Crippen LogP contribution in [0.2, 0.25) is 5.02 Å². The van der Waals surface area contributed by atoms with Crippen LogP contribution in [0.1, 0.15) is 15.9 Å². The van der Waals surface area contributed by atoms with E-state index >= 15 is 0 Å². The number of hydrogen-bond donors (Lipinski definition) is 1. The lowest BCUT2D eigenvalue weighted by atomic mass is 10.1. The molecule has 29 heavy (non-hydrogen) atoms. The van der Waals surface area contributed by atoms with E-state index in [1.54, 1.807) is 72.8 Å². The third-order valence-electron chi connectivity index (χ3n) is 3.86. The van der Waals surface area contributed by atoms with Gasteiger partial charge in [-0.05, 0) is 54.1 Å². The molecule has 0 aliphatic rings. The third-order valence-corrected chi connectivity index (χ3v) is 4.09. The Hall–Kier alpha value is -3.88. The molecule has 0 heterocycles. The highest BCUT2D eigenvalue weighted by molar-refractivity contribution is 6.31. The molecule has 0 saturated carbocycles. The number of esters is 1. The summed E-state index contributed by atoms with van der Waals surface area (Å²) in [5.74, 6) is -0.653. The molecule has 3 aromatic carbocycles. The predicted molar refractivity (Wildman–Crippen MR) is 112 cm³/mol. The maximum atomic E-state index is 12.3.